The quantitative estimate of drug-likeness (QED) is 0.396. The molecule has 0 spiro atoms. The number of aromatic nitrogens is 1. The second kappa shape index (κ2) is 10.8. The van der Waals surface area contributed by atoms with Gasteiger partial charge in [-0.1, -0.05) is 37.8 Å². The summed E-state index contributed by atoms with van der Waals surface area (Å²) in [4.78, 5) is 16.9. The van der Waals surface area contributed by atoms with Gasteiger partial charge in [-0.25, -0.2) is 18.2 Å². The van der Waals surface area contributed by atoms with Crippen molar-refractivity contribution in [3.05, 3.63) is 59.5 Å². The summed E-state index contributed by atoms with van der Waals surface area (Å²) in [6.45, 7) is 0.639. The fourth-order valence-corrected chi connectivity index (χ4v) is 4.70. The number of amides is 1. The van der Waals surface area contributed by atoms with E-state index in [0.29, 0.717) is 23.1 Å². The van der Waals surface area contributed by atoms with Crippen LogP contribution in [0.2, 0.25) is 0 Å². The Bertz CT molecular complexity index is 821. The normalized spacial score (nSPS) is 15.6. The molecule has 1 aromatic carbocycles. The zero-order valence-electron chi connectivity index (χ0n) is 16.9. The number of hydrogen-bond acceptors (Lipinski definition) is 3. The molecule has 0 bridgehead atoms. The number of carbonyl (C=O) groups excluding carboxylic acids is 1. The molecule has 1 heterocycles. The van der Waals surface area contributed by atoms with E-state index < -0.39 is 18.2 Å². The Hall–Kier alpha value is -2.02. The van der Waals surface area contributed by atoms with Crippen LogP contribution in [-0.4, -0.2) is 23.2 Å². The van der Waals surface area contributed by atoms with E-state index in [0.717, 1.165) is 48.9 Å². The van der Waals surface area contributed by atoms with Gasteiger partial charge in [0.05, 0.1) is 5.56 Å². The predicted molar refractivity (Wildman–Crippen MR) is 113 cm³/mol. The number of pyridine rings is 1. The molecular weight excluding hydrogens is 409 g/mol. The number of alkyl halides is 2. The van der Waals surface area contributed by atoms with Crippen LogP contribution >= 0.6 is 11.8 Å². The van der Waals surface area contributed by atoms with Gasteiger partial charge in [0.1, 0.15) is 10.8 Å². The van der Waals surface area contributed by atoms with Crippen LogP contribution in [0.1, 0.15) is 60.9 Å². The van der Waals surface area contributed by atoms with Gasteiger partial charge in [0.15, 0.2) is 0 Å². The number of hydrogen-bond donors (Lipinski definition) is 1. The van der Waals surface area contributed by atoms with Gasteiger partial charge in [-0.3, -0.25) is 4.79 Å². The van der Waals surface area contributed by atoms with Crippen molar-refractivity contribution in [1.29, 1.82) is 0 Å². The summed E-state index contributed by atoms with van der Waals surface area (Å²) in [5.41, 5.74) is 0.202. The minimum absolute atomic E-state index is 0.0876. The molecule has 0 saturated heterocycles. The van der Waals surface area contributed by atoms with Crippen LogP contribution in [0.25, 0.3) is 0 Å². The second-order valence-corrected chi connectivity index (χ2v) is 8.82. The summed E-state index contributed by atoms with van der Waals surface area (Å²) in [6, 6.07) is 7.63. The Labute approximate surface area is 179 Å². The fourth-order valence-electron chi connectivity index (χ4n) is 3.69. The summed E-state index contributed by atoms with van der Waals surface area (Å²) in [6.07, 6.45) is 8.33. The first kappa shape index (κ1) is 22.7. The molecule has 1 saturated carbocycles. The average molecular weight is 437 g/mol. The van der Waals surface area contributed by atoms with Gasteiger partial charge in [0.25, 0.3) is 11.8 Å². The number of rotatable bonds is 8. The Balaban J connectivity index is 1.55. The number of thioether (sulfide) groups is 1. The molecule has 2 aromatic rings. The SMILES string of the molecule is O=C(NCC1CCCCCC1)c1cccnc1SCCC(F)(F)c1ccc(F)cc1. The Morgan fingerprint density at radius 2 is 1.80 bits per heavy atom. The monoisotopic (exact) mass is 436 g/mol. The van der Waals surface area contributed by atoms with Gasteiger partial charge in [0.2, 0.25) is 0 Å². The van der Waals surface area contributed by atoms with Gasteiger partial charge in [-0.2, -0.15) is 0 Å². The average Bonchev–Trinajstić information content (AvgIpc) is 3.01. The molecule has 0 atom stereocenters. The number of nitrogens with zero attached hydrogens (tertiary/aromatic N) is 1. The van der Waals surface area contributed by atoms with Gasteiger partial charge < -0.3 is 5.32 Å². The van der Waals surface area contributed by atoms with Crippen molar-refractivity contribution in [2.24, 2.45) is 5.92 Å². The smallest absolute Gasteiger partial charge is 0.274 e. The predicted octanol–water partition coefficient (Wildman–Crippen LogP) is 6.20. The third-order valence-corrected chi connectivity index (χ3v) is 6.47. The molecule has 7 heteroatoms. The van der Waals surface area contributed by atoms with Crippen molar-refractivity contribution < 1.29 is 18.0 Å². The molecule has 0 unspecified atom stereocenters. The third kappa shape index (κ3) is 6.49. The maximum Gasteiger partial charge on any atom is 0.274 e. The van der Waals surface area contributed by atoms with Crippen LogP contribution in [0, 0.1) is 11.7 Å². The van der Waals surface area contributed by atoms with Crippen LogP contribution < -0.4 is 5.32 Å². The third-order valence-electron chi connectivity index (χ3n) is 5.46. The number of halogens is 3. The van der Waals surface area contributed by atoms with Gasteiger partial charge >= 0.3 is 0 Å². The van der Waals surface area contributed by atoms with Gasteiger partial charge in [-0.05, 0) is 43.0 Å². The summed E-state index contributed by atoms with van der Waals surface area (Å²) in [5.74, 6) is -3.24. The molecule has 1 aromatic heterocycles. The lowest BCUT2D eigenvalue weighted by molar-refractivity contribution is -0.00707. The Kier molecular flexibility index (Phi) is 8.19. The highest BCUT2D eigenvalue weighted by Crippen LogP contribution is 2.34. The van der Waals surface area contributed by atoms with Crippen molar-refractivity contribution >= 4 is 17.7 Å². The molecule has 1 amide bonds. The maximum atomic E-state index is 14.4. The summed E-state index contributed by atoms with van der Waals surface area (Å²) in [7, 11) is 0. The minimum atomic E-state index is -3.07. The lowest BCUT2D eigenvalue weighted by Gasteiger charge is -2.17. The van der Waals surface area contributed by atoms with Crippen molar-refractivity contribution in [3.8, 4) is 0 Å². The van der Waals surface area contributed by atoms with Crippen molar-refractivity contribution in [2.75, 3.05) is 12.3 Å². The van der Waals surface area contributed by atoms with Crippen LogP contribution in [0.3, 0.4) is 0 Å². The molecule has 30 heavy (non-hydrogen) atoms. The number of benzene rings is 1. The molecule has 1 N–H and O–H groups in total. The van der Waals surface area contributed by atoms with E-state index in [1.54, 1.807) is 18.3 Å². The molecule has 3 rings (SSSR count). The first-order valence-corrected chi connectivity index (χ1v) is 11.4. The van der Waals surface area contributed by atoms with E-state index in [4.69, 9.17) is 0 Å². The molecule has 162 valence electrons. The maximum absolute atomic E-state index is 14.4. The second-order valence-electron chi connectivity index (χ2n) is 7.73. The van der Waals surface area contributed by atoms with Crippen molar-refractivity contribution in [2.45, 2.75) is 55.9 Å². The molecule has 1 fully saturated rings. The molecule has 1 aliphatic carbocycles. The van der Waals surface area contributed by atoms with E-state index in [2.05, 4.69) is 10.3 Å². The fraction of sp³-hybridized carbons (Fsp3) is 0.478. The van der Waals surface area contributed by atoms with E-state index >= 15 is 0 Å². The summed E-state index contributed by atoms with van der Waals surface area (Å²) >= 11 is 1.14. The Morgan fingerprint density at radius 1 is 1.10 bits per heavy atom. The molecule has 0 aliphatic heterocycles. The number of nitrogens with one attached hydrogen (secondary N) is 1. The summed E-state index contributed by atoms with van der Waals surface area (Å²) in [5, 5.41) is 3.45. The molecule has 1 aliphatic rings. The van der Waals surface area contributed by atoms with E-state index in [1.807, 2.05) is 0 Å². The topological polar surface area (TPSA) is 42.0 Å². The zero-order chi connectivity index (χ0) is 21.4. The van der Waals surface area contributed by atoms with E-state index in [1.165, 1.54) is 25.7 Å². The van der Waals surface area contributed by atoms with Crippen LogP contribution in [0.15, 0.2) is 47.6 Å². The van der Waals surface area contributed by atoms with Crippen molar-refractivity contribution in [3.63, 3.8) is 0 Å². The Morgan fingerprint density at radius 3 is 2.50 bits per heavy atom. The van der Waals surface area contributed by atoms with Crippen LogP contribution in [0.5, 0.6) is 0 Å². The number of carbonyl (C=O) groups is 1. The standard InChI is InChI=1S/C23H27F3N2OS/c24-19-11-9-18(10-12-19)23(25,26)13-15-30-22-20(8-5-14-27-22)21(29)28-16-17-6-3-1-2-4-7-17/h5,8-12,14,17H,1-4,6-7,13,15-16H2,(H,28,29). The first-order chi connectivity index (χ1) is 14.5. The van der Waals surface area contributed by atoms with Crippen LogP contribution in [0.4, 0.5) is 13.2 Å². The highest BCUT2D eigenvalue weighted by molar-refractivity contribution is 7.99. The highest BCUT2D eigenvalue weighted by Gasteiger charge is 2.31. The first-order valence-electron chi connectivity index (χ1n) is 10.5. The molecular formula is C23H27F3N2OS. The minimum Gasteiger partial charge on any atom is -0.352 e. The lowest BCUT2D eigenvalue weighted by Crippen LogP contribution is -2.29. The van der Waals surface area contributed by atoms with Gasteiger partial charge in [-0.15, -0.1) is 11.8 Å². The van der Waals surface area contributed by atoms with E-state index in [9.17, 15) is 18.0 Å². The lowest BCUT2D eigenvalue weighted by atomic mass is 10.0. The van der Waals surface area contributed by atoms with E-state index in [-0.39, 0.29) is 17.2 Å². The highest BCUT2D eigenvalue weighted by atomic mass is 32.2. The largest absolute Gasteiger partial charge is 0.352 e. The molecule has 3 nitrogen and oxygen atoms in total. The van der Waals surface area contributed by atoms with Crippen molar-refractivity contribution in [1.82, 2.24) is 10.3 Å². The van der Waals surface area contributed by atoms with Crippen LogP contribution in [-0.2, 0) is 5.92 Å². The van der Waals surface area contributed by atoms with Gasteiger partial charge in [0, 0.05) is 30.5 Å². The molecule has 0 radical (unpaired) electrons. The summed E-state index contributed by atoms with van der Waals surface area (Å²) < 4.78 is 41.7. The zero-order valence-corrected chi connectivity index (χ0v) is 17.7.